The van der Waals surface area contributed by atoms with Gasteiger partial charge in [-0.25, -0.2) is 9.97 Å². The summed E-state index contributed by atoms with van der Waals surface area (Å²) in [5.74, 6) is 1.60. The molecule has 8 nitrogen and oxygen atoms in total. The van der Waals surface area contributed by atoms with E-state index in [0.29, 0.717) is 48.0 Å². The molecule has 0 spiro atoms. The van der Waals surface area contributed by atoms with Gasteiger partial charge in [-0.15, -0.1) is 0 Å². The summed E-state index contributed by atoms with van der Waals surface area (Å²) in [7, 11) is 1.96. The fourth-order valence-corrected chi connectivity index (χ4v) is 5.10. The van der Waals surface area contributed by atoms with E-state index in [1.807, 2.05) is 29.0 Å². The Labute approximate surface area is 204 Å². The van der Waals surface area contributed by atoms with Crippen LogP contribution in [0.4, 0.5) is 17.2 Å². The van der Waals surface area contributed by atoms with Gasteiger partial charge in [0, 0.05) is 50.9 Å². The van der Waals surface area contributed by atoms with Gasteiger partial charge in [-0.05, 0) is 49.8 Å². The fourth-order valence-electron chi connectivity index (χ4n) is 4.93. The van der Waals surface area contributed by atoms with E-state index < -0.39 is 0 Å². The molecular weight excluding hydrogens is 452 g/mol. The Balaban J connectivity index is 1.47. The van der Waals surface area contributed by atoms with Crippen molar-refractivity contribution in [3.8, 4) is 6.07 Å². The van der Waals surface area contributed by atoms with Crippen LogP contribution in [0, 0.1) is 17.2 Å². The second-order valence-electron chi connectivity index (χ2n) is 9.46. The van der Waals surface area contributed by atoms with Gasteiger partial charge in [-0.1, -0.05) is 11.6 Å². The molecule has 5 rings (SSSR count). The minimum Gasteiger partial charge on any atom is -0.396 e. The van der Waals surface area contributed by atoms with Gasteiger partial charge in [-0.3, -0.25) is 4.79 Å². The van der Waals surface area contributed by atoms with Crippen LogP contribution in [0.25, 0.3) is 0 Å². The predicted molar refractivity (Wildman–Crippen MR) is 130 cm³/mol. The fraction of sp³-hybridized carbons (Fsp3) is 0.520. The molecule has 2 aromatic rings. The largest absolute Gasteiger partial charge is 0.396 e. The summed E-state index contributed by atoms with van der Waals surface area (Å²) in [6, 6.07) is 8.12. The lowest BCUT2D eigenvalue weighted by atomic mass is 10.0. The first kappa shape index (κ1) is 22.9. The third-order valence-electron chi connectivity index (χ3n) is 7.08. The van der Waals surface area contributed by atoms with Gasteiger partial charge in [-0.2, -0.15) is 5.26 Å². The third kappa shape index (κ3) is 4.55. The number of carbonyl (C=O) groups excluding carboxylic acids is 1. The van der Waals surface area contributed by atoms with Crippen LogP contribution in [0.15, 0.2) is 24.4 Å². The Bertz CT molecular complexity index is 1130. The predicted octanol–water partition coefficient (Wildman–Crippen LogP) is 3.46. The second-order valence-corrected chi connectivity index (χ2v) is 9.84. The average molecular weight is 481 g/mol. The number of piperazine rings is 1. The summed E-state index contributed by atoms with van der Waals surface area (Å²) in [5, 5.41) is 19.7. The lowest BCUT2D eigenvalue weighted by molar-refractivity contribution is -0.135. The number of aliphatic hydroxyl groups excluding tert-OH is 1. The van der Waals surface area contributed by atoms with Crippen LogP contribution < -0.4 is 9.80 Å². The van der Waals surface area contributed by atoms with E-state index in [0.717, 1.165) is 42.8 Å². The van der Waals surface area contributed by atoms with E-state index in [1.54, 1.807) is 12.3 Å². The highest BCUT2D eigenvalue weighted by Gasteiger charge is 2.41. The van der Waals surface area contributed by atoms with Crippen LogP contribution in [0.3, 0.4) is 0 Å². The van der Waals surface area contributed by atoms with E-state index in [4.69, 9.17) is 16.6 Å². The minimum absolute atomic E-state index is 0.0131. The number of aromatic nitrogens is 2. The molecule has 1 atom stereocenters. The van der Waals surface area contributed by atoms with E-state index in [1.165, 1.54) is 0 Å². The Morgan fingerprint density at radius 2 is 2.09 bits per heavy atom. The molecular formula is C25H29ClN6O2. The maximum absolute atomic E-state index is 12.6. The van der Waals surface area contributed by atoms with Crippen molar-refractivity contribution in [3.05, 3.63) is 40.8 Å². The molecule has 9 heteroatoms. The van der Waals surface area contributed by atoms with Crippen LogP contribution in [0.5, 0.6) is 0 Å². The zero-order valence-electron chi connectivity index (χ0n) is 19.3. The molecule has 178 valence electrons. The third-order valence-corrected chi connectivity index (χ3v) is 7.29. The highest BCUT2D eigenvalue weighted by Crippen LogP contribution is 2.46. The standard InChI is InChI=1S/C25H29ClN6O2/c1-30(19-6-8-28-22(26)13-19)20-12-18(14-27)25(29-24(20)17-4-5-17)31-9-10-32(23(34)7-11-33)21(15-31)16-2-3-16/h6,8,12-13,16-17,21,33H,2-5,7,9-11,15H2,1H3. The average Bonchev–Trinajstić information content (AvgIpc) is 3.76. The van der Waals surface area contributed by atoms with Crippen molar-refractivity contribution in [2.24, 2.45) is 5.92 Å². The summed E-state index contributed by atoms with van der Waals surface area (Å²) < 4.78 is 0. The summed E-state index contributed by atoms with van der Waals surface area (Å²) in [5.41, 5.74) is 3.35. The highest BCUT2D eigenvalue weighted by atomic mass is 35.5. The summed E-state index contributed by atoms with van der Waals surface area (Å²) in [6.07, 6.45) is 6.25. The maximum Gasteiger partial charge on any atom is 0.225 e. The number of hydrogen-bond acceptors (Lipinski definition) is 7. The number of aliphatic hydroxyl groups is 1. The van der Waals surface area contributed by atoms with Crippen LogP contribution in [0.2, 0.25) is 5.15 Å². The maximum atomic E-state index is 12.6. The summed E-state index contributed by atoms with van der Waals surface area (Å²) >= 11 is 6.12. The minimum atomic E-state index is -0.126. The molecule has 0 aromatic carbocycles. The van der Waals surface area contributed by atoms with E-state index in [9.17, 15) is 15.2 Å². The SMILES string of the molecule is CN(c1ccnc(Cl)c1)c1cc(C#N)c(N2CCN(C(=O)CCO)C(C3CC3)C2)nc1C1CC1. The molecule has 1 amide bonds. The van der Waals surface area contributed by atoms with Crippen LogP contribution >= 0.6 is 11.6 Å². The summed E-state index contributed by atoms with van der Waals surface area (Å²) in [4.78, 5) is 27.9. The van der Waals surface area contributed by atoms with Crippen LogP contribution in [-0.2, 0) is 4.79 Å². The molecule has 34 heavy (non-hydrogen) atoms. The molecule has 1 aliphatic heterocycles. The second kappa shape index (κ2) is 9.40. The monoisotopic (exact) mass is 480 g/mol. The van der Waals surface area contributed by atoms with Gasteiger partial charge in [0.15, 0.2) is 0 Å². The highest BCUT2D eigenvalue weighted by molar-refractivity contribution is 6.29. The first-order valence-corrected chi connectivity index (χ1v) is 12.3. The lowest BCUT2D eigenvalue weighted by Gasteiger charge is -2.42. The number of rotatable bonds is 7. The number of amides is 1. The normalized spacial score (nSPS) is 20.2. The van der Waals surface area contributed by atoms with Crippen molar-refractivity contribution in [1.29, 1.82) is 5.26 Å². The Morgan fingerprint density at radius 1 is 1.29 bits per heavy atom. The molecule has 1 saturated heterocycles. The van der Waals surface area contributed by atoms with Crippen molar-refractivity contribution in [1.82, 2.24) is 14.9 Å². The van der Waals surface area contributed by atoms with Gasteiger partial charge in [0.25, 0.3) is 0 Å². The number of anilines is 3. The molecule has 2 saturated carbocycles. The molecule has 0 radical (unpaired) electrons. The molecule has 0 bridgehead atoms. The van der Waals surface area contributed by atoms with Crippen molar-refractivity contribution < 1.29 is 9.90 Å². The zero-order chi connectivity index (χ0) is 23.8. The molecule has 2 aromatic heterocycles. The number of halogens is 1. The Morgan fingerprint density at radius 3 is 2.74 bits per heavy atom. The van der Waals surface area contributed by atoms with E-state index >= 15 is 0 Å². The molecule has 3 aliphatic rings. The molecule has 1 unspecified atom stereocenters. The topological polar surface area (TPSA) is 96.6 Å². The van der Waals surface area contributed by atoms with Crippen LogP contribution in [0.1, 0.15) is 49.3 Å². The smallest absolute Gasteiger partial charge is 0.225 e. The number of nitriles is 1. The van der Waals surface area contributed by atoms with Gasteiger partial charge in [0.05, 0.1) is 29.6 Å². The van der Waals surface area contributed by atoms with Crippen molar-refractivity contribution in [3.63, 3.8) is 0 Å². The first-order valence-electron chi connectivity index (χ1n) is 12.0. The number of nitrogens with zero attached hydrogens (tertiary/aromatic N) is 6. The number of hydrogen-bond donors (Lipinski definition) is 1. The van der Waals surface area contributed by atoms with E-state index in [2.05, 4.69) is 16.0 Å². The van der Waals surface area contributed by atoms with Crippen molar-refractivity contribution in [2.75, 3.05) is 43.1 Å². The number of carbonyl (C=O) groups is 1. The molecule has 2 aliphatic carbocycles. The molecule has 3 fully saturated rings. The number of pyridine rings is 2. The zero-order valence-corrected chi connectivity index (χ0v) is 20.1. The Kier molecular flexibility index (Phi) is 6.32. The van der Waals surface area contributed by atoms with Gasteiger partial charge in [0.2, 0.25) is 5.91 Å². The quantitative estimate of drug-likeness (QED) is 0.606. The first-order chi connectivity index (χ1) is 16.5. The molecule has 1 N–H and O–H groups in total. The Hall–Kier alpha value is -2.89. The van der Waals surface area contributed by atoms with Gasteiger partial charge >= 0.3 is 0 Å². The summed E-state index contributed by atoms with van der Waals surface area (Å²) in [6.45, 7) is 1.76. The lowest BCUT2D eigenvalue weighted by Crippen LogP contribution is -2.56. The van der Waals surface area contributed by atoms with Crippen LogP contribution in [-0.4, -0.2) is 65.2 Å². The van der Waals surface area contributed by atoms with E-state index in [-0.39, 0.29) is 25.0 Å². The van der Waals surface area contributed by atoms with Gasteiger partial charge < -0.3 is 19.8 Å². The van der Waals surface area contributed by atoms with Crippen molar-refractivity contribution in [2.45, 2.75) is 44.1 Å². The van der Waals surface area contributed by atoms with Crippen molar-refractivity contribution >= 4 is 34.7 Å². The molecule has 3 heterocycles. The van der Waals surface area contributed by atoms with Gasteiger partial charge in [0.1, 0.15) is 17.0 Å².